The first-order chi connectivity index (χ1) is 21.9. The van der Waals surface area contributed by atoms with Gasteiger partial charge in [-0.05, 0) is 72.3 Å². The summed E-state index contributed by atoms with van der Waals surface area (Å²) in [5.41, 5.74) is 2.85. The zero-order valence-electron chi connectivity index (χ0n) is 26.2. The molecule has 0 unspecified atom stereocenters. The first-order valence-electron chi connectivity index (χ1n) is 14.9. The molecule has 2 aliphatic rings. The number of carbonyl (C=O) groups excluding carboxylic acids is 2. The van der Waals surface area contributed by atoms with E-state index in [-0.39, 0.29) is 18.4 Å². The third kappa shape index (κ3) is 7.55. The Morgan fingerprint density at radius 1 is 0.844 bits per heavy atom. The third-order valence-corrected chi connectivity index (χ3v) is 8.13. The van der Waals surface area contributed by atoms with Gasteiger partial charge in [0.15, 0.2) is 0 Å². The van der Waals surface area contributed by atoms with E-state index >= 15 is 0 Å². The van der Waals surface area contributed by atoms with Gasteiger partial charge in [0.1, 0.15) is 29.5 Å². The van der Waals surface area contributed by atoms with E-state index in [1.54, 1.807) is 57.6 Å². The van der Waals surface area contributed by atoms with Crippen molar-refractivity contribution in [2.24, 2.45) is 5.10 Å². The van der Waals surface area contributed by atoms with Gasteiger partial charge in [0.25, 0.3) is 11.8 Å². The van der Waals surface area contributed by atoms with E-state index in [2.05, 4.69) is 4.90 Å². The lowest BCUT2D eigenvalue weighted by Gasteiger charge is -2.31. The number of benzene rings is 3. The van der Waals surface area contributed by atoms with Crippen molar-refractivity contribution < 1.29 is 33.3 Å². The number of amides is 2. The number of ether oxygens (including phenoxy) is 5. The normalized spacial score (nSPS) is 16.6. The fourth-order valence-corrected chi connectivity index (χ4v) is 5.53. The van der Waals surface area contributed by atoms with Crippen molar-refractivity contribution in [2.75, 3.05) is 74.4 Å². The van der Waals surface area contributed by atoms with Gasteiger partial charge in [-0.25, -0.2) is 5.01 Å². The van der Waals surface area contributed by atoms with Gasteiger partial charge < -0.3 is 28.6 Å². The van der Waals surface area contributed by atoms with Crippen molar-refractivity contribution in [1.82, 2.24) is 14.8 Å². The van der Waals surface area contributed by atoms with Crippen LogP contribution in [0, 0.1) is 0 Å². The molecule has 11 nitrogen and oxygen atoms in total. The topological polar surface area (TPSA) is 102 Å². The SMILES string of the molecule is COc1ccc(C(=O)N(CCN2CCOCC2)CC(=O)N2N=C(c3ccc(OC)cc3)C[C@@H]2c2cc(OC)ccc2OC)cc1. The summed E-state index contributed by atoms with van der Waals surface area (Å²) in [6.07, 6.45) is 0.446. The number of morpholine rings is 1. The number of nitrogens with zero attached hydrogens (tertiary/aromatic N) is 4. The summed E-state index contributed by atoms with van der Waals surface area (Å²) < 4.78 is 27.3. The maximum absolute atomic E-state index is 14.2. The zero-order valence-corrected chi connectivity index (χ0v) is 26.2. The fourth-order valence-electron chi connectivity index (χ4n) is 5.53. The van der Waals surface area contributed by atoms with Gasteiger partial charge in [-0.1, -0.05) is 0 Å². The van der Waals surface area contributed by atoms with Gasteiger partial charge in [0, 0.05) is 43.7 Å². The predicted octanol–water partition coefficient (Wildman–Crippen LogP) is 3.87. The highest BCUT2D eigenvalue weighted by Crippen LogP contribution is 2.39. The maximum Gasteiger partial charge on any atom is 0.262 e. The molecule has 5 rings (SSSR count). The summed E-state index contributed by atoms with van der Waals surface area (Å²) in [7, 11) is 6.39. The Morgan fingerprint density at radius 3 is 2.09 bits per heavy atom. The molecule has 11 heteroatoms. The minimum absolute atomic E-state index is 0.155. The van der Waals surface area contributed by atoms with Crippen LogP contribution < -0.4 is 18.9 Å². The van der Waals surface area contributed by atoms with Crippen LogP contribution in [0.1, 0.15) is 33.9 Å². The summed E-state index contributed by atoms with van der Waals surface area (Å²) in [6.45, 7) is 3.67. The quantitative estimate of drug-likeness (QED) is 0.302. The summed E-state index contributed by atoms with van der Waals surface area (Å²) >= 11 is 0. The molecule has 2 aliphatic heterocycles. The van der Waals surface area contributed by atoms with Gasteiger partial charge in [0.05, 0.1) is 53.4 Å². The first kappa shape index (κ1) is 31.8. The maximum atomic E-state index is 14.2. The van der Waals surface area contributed by atoms with Gasteiger partial charge >= 0.3 is 0 Å². The average Bonchev–Trinajstić information content (AvgIpc) is 3.55. The number of carbonyl (C=O) groups is 2. The Hall–Kier alpha value is -4.61. The Labute approximate surface area is 263 Å². The second kappa shape index (κ2) is 14.9. The summed E-state index contributed by atoms with van der Waals surface area (Å²) in [6, 6.07) is 19.5. The molecule has 0 N–H and O–H groups in total. The Balaban J connectivity index is 1.46. The van der Waals surface area contributed by atoms with Crippen molar-refractivity contribution in [3.8, 4) is 23.0 Å². The standard InChI is InChI=1S/C34H40N4O7/c1-41-26-9-5-24(6-10-26)30-22-31(29-21-28(43-3)13-14-32(29)44-4)38(35-30)33(39)23-37(16-15-36-17-19-45-20-18-36)34(40)25-7-11-27(42-2)12-8-25/h5-14,21,31H,15-20,22-23H2,1-4H3/t31-/m1/s1. The minimum atomic E-state index is -0.475. The van der Waals surface area contributed by atoms with Crippen molar-refractivity contribution >= 4 is 17.5 Å². The van der Waals surface area contributed by atoms with E-state index in [1.165, 1.54) is 5.01 Å². The van der Waals surface area contributed by atoms with Crippen molar-refractivity contribution in [2.45, 2.75) is 12.5 Å². The predicted molar refractivity (Wildman–Crippen MR) is 169 cm³/mol. The Bertz CT molecular complexity index is 1490. The highest BCUT2D eigenvalue weighted by atomic mass is 16.5. The van der Waals surface area contributed by atoms with Gasteiger partial charge in [-0.2, -0.15) is 5.10 Å². The largest absolute Gasteiger partial charge is 0.497 e. The highest BCUT2D eigenvalue weighted by Gasteiger charge is 2.36. The van der Waals surface area contributed by atoms with Crippen LogP contribution in [0.5, 0.6) is 23.0 Å². The van der Waals surface area contributed by atoms with Crippen LogP contribution >= 0.6 is 0 Å². The fraction of sp³-hybridized carbons (Fsp3) is 0.382. The van der Waals surface area contributed by atoms with E-state index < -0.39 is 6.04 Å². The lowest BCUT2D eigenvalue weighted by molar-refractivity contribution is -0.133. The molecule has 238 valence electrons. The molecule has 45 heavy (non-hydrogen) atoms. The summed E-state index contributed by atoms with van der Waals surface area (Å²) in [5.74, 6) is 2.08. The van der Waals surface area contributed by atoms with Crippen molar-refractivity contribution in [3.05, 3.63) is 83.4 Å². The van der Waals surface area contributed by atoms with E-state index in [4.69, 9.17) is 28.8 Å². The van der Waals surface area contributed by atoms with E-state index in [1.807, 2.05) is 42.5 Å². The molecular weight excluding hydrogens is 576 g/mol. The molecule has 0 aromatic heterocycles. The molecule has 1 atom stereocenters. The number of hydrazone groups is 1. The molecule has 2 amide bonds. The van der Waals surface area contributed by atoms with Gasteiger partial charge in [0.2, 0.25) is 0 Å². The van der Waals surface area contributed by atoms with Gasteiger partial charge in [-0.3, -0.25) is 14.5 Å². The lowest BCUT2D eigenvalue weighted by atomic mass is 9.97. The molecule has 0 aliphatic carbocycles. The van der Waals surface area contributed by atoms with Crippen LogP contribution in [-0.4, -0.2) is 107 Å². The van der Waals surface area contributed by atoms with Crippen molar-refractivity contribution in [1.29, 1.82) is 0 Å². The summed E-state index contributed by atoms with van der Waals surface area (Å²) in [4.78, 5) is 31.9. The average molecular weight is 617 g/mol. The summed E-state index contributed by atoms with van der Waals surface area (Å²) in [5, 5.41) is 6.33. The molecule has 0 saturated carbocycles. The highest BCUT2D eigenvalue weighted by molar-refractivity contribution is 6.04. The number of hydrogen-bond donors (Lipinski definition) is 0. The van der Waals surface area contributed by atoms with Crippen molar-refractivity contribution in [3.63, 3.8) is 0 Å². The lowest BCUT2D eigenvalue weighted by Crippen LogP contribution is -2.46. The van der Waals surface area contributed by atoms with Crippen LogP contribution in [0.25, 0.3) is 0 Å². The van der Waals surface area contributed by atoms with E-state index in [0.717, 1.165) is 35.7 Å². The molecule has 0 spiro atoms. The zero-order chi connectivity index (χ0) is 31.8. The number of hydrogen-bond acceptors (Lipinski definition) is 9. The molecule has 0 bridgehead atoms. The van der Waals surface area contributed by atoms with E-state index in [9.17, 15) is 9.59 Å². The van der Waals surface area contributed by atoms with Crippen LogP contribution in [0.3, 0.4) is 0 Å². The molecule has 2 heterocycles. The van der Waals surface area contributed by atoms with Gasteiger partial charge in [-0.15, -0.1) is 0 Å². The third-order valence-electron chi connectivity index (χ3n) is 8.13. The second-order valence-electron chi connectivity index (χ2n) is 10.8. The monoisotopic (exact) mass is 616 g/mol. The Morgan fingerprint density at radius 2 is 1.47 bits per heavy atom. The number of methoxy groups -OCH3 is 4. The molecule has 1 saturated heterocycles. The second-order valence-corrected chi connectivity index (χ2v) is 10.8. The van der Waals surface area contributed by atoms with Crippen LogP contribution in [0.4, 0.5) is 0 Å². The van der Waals surface area contributed by atoms with Crippen LogP contribution in [-0.2, 0) is 9.53 Å². The Kier molecular flexibility index (Phi) is 10.5. The van der Waals surface area contributed by atoms with Crippen LogP contribution in [0.2, 0.25) is 0 Å². The molecule has 3 aromatic rings. The molecule has 1 fully saturated rings. The minimum Gasteiger partial charge on any atom is -0.497 e. The first-order valence-corrected chi connectivity index (χ1v) is 14.9. The molecule has 3 aromatic carbocycles. The molecule has 0 radical (unpaired) electrons. The van der Waals surface area contributed by atoms with Crippen LogP contribution in [0.15, 0.2) is 71.8 Å². The van der Waals surface area contributed by atoms with E-state index in [0.29, 0.717) is 55.5 Å². The number of rotatable bonds is 12. The smallest absolute Gasteiger partial charge is 0.262 e. The molecular formula is C34H40N4O7.